The van der Waals surface area contributed by atoms with Crippen LogP contribution in [0.4, 0.5) is 0 Å². The van der Waals surface area contributed by atoms with E-state index in [9.17, 15) is 24.3 Å². The van der Waals surface area contributed by atoms with Crippen molar-refractivity contribution in [1.82, 2.24) is 0 Å². The van der Waals surface area contributed by atoms with Crippen molar-refractivity contribution in [2.24, 2.45) is 11.3 Å². The van der Waals surface area contributed by atoms with Gasteiger partial charge in [0.2, 0.25) is 0 Å². The molecule has 3 N–H and O–H groups in total. The van der Waals surface area contributed by atoms with E-state index in [1.807, 2.05) is 20.8 Å². The highest BCUT2D eigenvalue weighted by Gasteiger charge is 2.45. The molecule has 0 aromatic carbocycles. The molecule has 0 aliphatic rings. The number of hydrogen-bond donors (Lipinski definition) is 3. The van der Waals surface area contributed by atoms with E-state index in [1.165, 1.54) is 0 Å². The van der Waals surface area contributed by atoms with Gasteiger partial charge in [-0.25, -0.2) is 0 Å². The average molecular weight is 308 g/mol. The number of hydrogen-bond acceptors (Lipinski definition) is 2. The number of unbranched alkanes of at least 4 members (excludes halogenated alkanes) is 2. The van der Waals surface area contributed by atoms with E-state index in [4.69, 9.17) is 0 Å². The van der Waals surface area contributed by atoms with Gasteiger partial charge >= 0.3 is 13.6 Å². The largest absolute Gasteiger partial charge is 0.481 e. The lowest BCUT2D eigenvalue weighted by molar-refractivity contribution is -0.154. The monoisotopic (exact) mass is 308 g/mol. The van der Waals surface area contributed by atoms with Crippen LogP contribution in [0.5, 0.6) is 0 Å². The Morgan fingerprint density at radius 2 is 1.55 bits per heavy atom. The van der Waals surface area contributed by atoms with Crippen LogP contribution in [0.15, 0.2) is 0 Å². The van der Waals surface area contributed by atoms with Gasteiger partial charge in [0.25, 0.3) is 0 Å². The molecule has 0 bridgehead atoms. The van der Waals surface area contributed by atoms with Crippen molar-refractivity contribution in [2.45, 2.75) is 65.7 Å². The summed E-state index contributed by atoms with van der Waals surface area (Å²) in [6.45, 7) is 5.81. The fourth-order valence-corrected chi connectivity index (χ4v) is 4.07. The van der Waals surface area contributed by atoms with Crippen molar-refractivity contribution >= 4 is 13.6 Å². The first-order valence-corrected chi connectivity index (χ1v) is 9.31. The average Bonchev–Trinajstić information content (AvgIpc) is 2.35. The molecule has 5 nitrogen and oxygen atoms in total. The first-order chi connectivity index (χ1) is 9.23. The Kier molecular flexibility index (Phi) is 8.64. The summed E-state index contributed by atoms with van der Waals surface area (Å²) in [7, 11) is -4.20. The fraction of sp³-hybridized carbons (Fsp3) is 0.929. The summed E-state index contributed by atoms with van der Waals surface area (Å²) >= 11 is 0. The van der Waals surface area contributed by atoms with Gasteiger partial charge in [-0.1, -0.05) is 52.9 Å². The highest BCUT2D eigenvalue weighted by molar-refractivity contribution is 7.51. The zero-order chi connectivity index (χ0) is 15.8. The molecule has 0 aliphatic carbocycles. The van der Waals surface area contributed by atoms with Crippen molar-refractivity contribution in [1.29, 1.82) is 0 Å². The van der Waals surface area contributed by atoms with E-state index in [0.717, 1.165) is 25.7 Å². The summed E-state index contributed by atoms with van der Waals surface area (Å²) in [5.74, 6) is -1.38. The molecule has 0 aromatic heterocycles. The Morgan fingerprint density at radius 1 is 1.10 bits per heavy atom. The Bertz CT molecular complexity index is 328. The molecule has 0 amide bonds. The molecule has 0 aliphatic heterocycles. The highest BCUT2D eigenvalue weighted by Crippen LogP contribution is 2.48. The molecule has 0 radical (unpaired) electrons. The van der Waals surface area contributed by atoms with Gasteiger partial charge < -0.3 is 14.9 Å². The number of carboxylic acids is 1. The van der Waals surface area contributed by atoms with E-state index in [1.54, 1.807) is 0 Å². The zero-order valence-corrected chi connectivity index (χ0v) is 13.7. The summed E-state index contributed by atoms with van der Waals surface area (Å²) in [5.41, 5.74) is -0.998. The maximum atomic E-state index is 11.9. The first kappa shape index (κ1) is 19.6. The highest BCUT2D eigenvalue weighted by atomic mass is 31.2. The van der Waals surface area contributed by atoms with Crippen LogP contribution in [0.1, 0.15) is 65.7 Å². The lowest BCUT2D eigenvalue weighted by Crippen LogP contribution is -2.40. The van der Waals surface area contributed by atoms with Gasteiger partial charge in [-0.15, -0.1) is 0 Å². The fourth-order valence-electron chi connectivity index (χ4n) is 2.89. The van der Waals surface area contributed by atoms with Crippen molar-refractivity contribution in [3.05, 3.63) is 0 Å². The van der Waals surface area contributed by atoms with Gasteiger partial charge in [-0.05, 0) is 18.8 Å². The molecule has 0 rings (SSSR count). The maximum Gasteiger partial charge on any atom is 0.325 e. The third kappa shape index (κ3) is 5.94. The second-order valence-electron chi connectivity index (χ2n) is 5.62. The summed E-state index contributed by atoms with van der Waals surface area (Å²) in [6.07, 6.45) is 4.45. The molecule has 6 heteroatoms. The molecule has 0 saturated heterocycles. The van der Waals surface area contributed by atoms with Crippen LogP contribution in [0.2, 0.25) is 0 Å². The van der Waals surface area contributed by atoms with Crippen LogP contribution >= 0.6 is 7.60 Å². The number of carbonyl (C=O) groups is 1. The lowest BCUT2D eigenvalue weighted by atomic mass is 9.68. The number of carboxylic acid groups (broad SMARTS) is 1. The minimum Gasteiger partial charge on any atom is -0.481 e. The van der Waals surface area contributed by atoms with Crippen molar-refractivity contribution in [3.63, 3.8) is 0 Å². The second-order valence-corrected chi connectivity index (χ2v) is 7.32. The molecular formula is C14H29O5P. The quantitative estimate of drug-likeness (QED) is 0.506. The van der Waals surface area contributed by atoms with Gasteiger partial charge in [-0.3, -0.25) is 9.36 Å². The van der Waals surface area contributed by atoms with Gasteiger partial charge in [0.1, 0.15) is 0 Å². The third-order valence-electron chi connectivity index (χ3n) is 4.11. The predicted molar refractivity (Wildman–Crippen MR) is 79.8 cm³/mol. The van der Waals surface area contributed by atoms with E-state index >= 15 is 0 Å². The second kappa shape index (κ2) is 8.81. The Morgan fingerprint density at radius 3 is 1.80 bits per heavy atom. The molecule has 0 heterocycles. The molecule has 0 aromatic rings. The zero-order valence-electron chi connectivity index (χ0n) is 12.8. The molecule has 0 fully saturated rings. The van der Waals surface area contributed by atoms with E-state index in [-0.39, 0.29) is 6.16 Å². The van der Waals surface area contributed by atoms with Crippen LogP contribution in [0.3, 0.4) is 0 Å². The van der Waals surface area contributed by atoms with Crippen molar-refractivity contribution in [3.8, 4) is 0 Å². The van der Waals surface area contributed by atoms with Gasteiger partial charge in [0.15, 0.2) is 0 Å². The molecule has 1 unspecified atom stereocenters. The summed E-state index contributed by atoms with van der Waals surface area (Å²) in [5, 5.41) is 9.72. The summed E-state index contributed by atoms with van der Waals surface area (Å²) in [4.78, 5) is 30.3. The van der Waals surface area contributed by atoms with E-state index in [0.29, 0.717) is 19.3 Å². The Labute approximate surface area is 121 Å². The van der Waals surface area contributed by atoms with Crippen LogP contribution in [-0.4, -0.2) is 27.0 Å². The lowest BCUT2D eigenvalue weighted by Gasteiger charge is -2.37. The Hall–Kier alpha value is -0.380. The van der Waals surface area contributed by atoms with E-state index in [2.05, 4.69) is 0 Å². The molecule has 0 spiro atoms. The van der Waals surface area contributed by atoms with Crippen LogP contribution in [0, 0.1) is 11.3 Å². The molecule has 120 valence electrons. The minimum atomic E-state index is -4.20. The molecule has 1 atom stereocenters. The molecule has 20 heavy (non-hydrogen) atoms. The van der Waals surface area contributed by atoms with Crippen LogP contribution < -0.4 is 0 Å². The third-order valence-corrected chi connectivity index (χ3v) is 5.03. The maximum absolute atomic E-state index is 11.9. The van der Waals surface area contributed by atoms with Gasteiger partial charge in [-0.2, -0.15) is 0 Å². The number of aliphatic carboxylic acids is 1. The van der Waals surface area contributed by atoms with Gasteiger partial charge in [0.05, 0.1) is 11.6 Å². The summed E-state index contributed by atoms with van der Waals surface area (Å²) in [6, 6.07) is 0. The standard InChI is InChI=1S/C14H29O5P/c1-4-7-9-14(13(15)16,10-8-5-2)12(6-3)11-20(17,18)19/h12H,4-11H2,1-3H3,(H,15,16)(H2,17,18,19). The van der Waals surface area contributed by atoms with Crippen molar-refractivity contribution in [2.75, 3.05) is 6.16 Å². The SMILES string of the molecule is CCCCC(CCCC)(C(=O)O)C(CC)CP(=O)(O)O. The van der Waals surface area contributed by atoms with Crippen molar-refractivity contribution < 1.29 is 24.3 Å². The Balaban J connectivity index is 5.38. The predicted octanol–water partition coefficient (Wildman–Crippen LogP) is 3.64. The van der Waals surface area contributed by atoms with E-state index < -0.39 is 24.9 Å². The molecule has 0 saturated carbocycles. The van der Waals surface area contributed by atoms with Crippen LogP contribution in [-0.2, 0) is 9.36 Å². The van der Waals surface area contributed by atoms with Crippen LogP contribution in [0.25, 0.3) is 0 Å². The smallest absolute Gasteiger partial charge is 0.325 e. The summed E-state index contributed by atoms with van der Waals surface area (Å²) < 4.78 is 11.3. The molecular weight excluding hydrogens is 279 g/mol. The number of rotatable bonds is 11. The topological polar surface area (TPSA) is 94.8 Å². The normalized spacial score (nSPS) is 14.2. The first-order valence-electron chi connectivity index (χ1n) is 7.51. The minimum absolute atomic E-state index is 0.330. The van der Waals surface area contributed by atoms with Gasteiger partial charge in [0, 0.05) is 0 Å².